The van der Waals surface area contributed by atoms with Crippen molar-refractivity contribution in [2.75, 3.05) is 10.0 Å². The summed E-state index contributed by atoms with van der Waals surface area (Å²) in [5.74, 6) is -0.480. The van der Waals surface area contributed by atoms with E-state index in [2.05, 4.69) is 10.0 Å². The fourth-order valence-electron chi connectivity index (χ4n) is 1.95. The number of carbonyl (C=O) groups excluding carboxylic acids is 1. The molecule has 0 heterocycles. The van der Waals surface area contributed by atoms with Crippen LogP contribution >= 0.6 is 0 Å². The number of nitro groups is 1. The van der Waals surface area contributed by atoms with Crippen molar-refractivity contribution in [1.82, 2.24) is 0 Å². The monoisotopic (exact) mass is 349 g/mol. The van der Waals surface area contributed by atoms with Gasteiger partial charge in [0, 0.05) is 19.1 Å². The quantitative estimate of drug-likeness (QED) is 0.635. The van der Waals surface area contributed by atoms with Gasteiger partial charge in [0.2, 0.25) is 5.91 Å². The topological polar surface area (TPSA) is 118 Å². The molecule has 0 fully saturated rings. The van der Waals surface area contributed by atoms with E-state index in [0.717, 1.165) is 17.7 Å². The first-order chi connectivity index (χ1) is 11.2. The van der Waals surface area contributed by atoms with Gasteiger partial charge in [-0.2, -0.15) is 0 Å². The molecule has 0 aliphatic heterocycles. The summed E-state index contributed by atoms with van der Waals surface area (Å²) in [5.41, 5.74) is 0.684. The number of nitrogens with zero attached hydrogens (tertiary/aromatic N) is 1. The normalized spacial score (nSPS) is 10.9. The second-order valence-corrected chi connectivity index (χ2v) is 6.77. The van der Waals surface area contributed by atoms with E-state index in [1.54, 1.807) is 12.1 Å². The van der Waals surface area contributed by atoms with Crippen molar-refractivity contribution in [1.29, 1.82) is 0 Å². The van der Waals surface area contributed by atoms with Crippen molar-refractivity contribution in [3.05, 3.63) is 58.1 Å². The molecule has 0 saturated heterocycles. The molecule has 1 amide bonds. The van der Waals surface area contributed by atoms with Gasteiger partial charge in [-0.15, -0.1) is 0 Å². The summed E-state index contributed by atoms with van der Waals surface area (Å²) in [6.45, 7) is 3.05. The second-order valence-electron chi connectivity index (χ2n) is 5.09. The predicted molar refractivity (Wildman–Crippen MR) is 89.4 cm³/mol. The van der Waals surface area contributed by atoms with Gasteiger partial charge in [-0.1, -0.05) is 17.7 Å². The van der Waals surface area contributed by atoms with Crippen LogP contribution < -0.4 is 10.0 Å². The lowest BCUT2D eigenvalue weighted by Crippen LogP contribution is -2.16. The summed E-state index contributed by atoms with van der Waals surface area (Å²) in [5, 5.41) is 13.2. The maximum Gasteiger partial charge on any atom is 0.271 e. The van der Waals surface area contributed by atoms with Gasteiger partial charge in [0.1, 0.15) is 0 Å². The van der Waals surface area contributed by atoms with E-state index in [-0.39, 0.29) is 22.0 Å². The van der Waals surface area contributed by atoms with Crippen molar-refractivity contribution >= 4 is 33.0 Å². The van der Waals surface area contributed by atoms with Crippen LogP contribution in [0.2, 0.25) is 0 Å². The molecule has 9 heteroatoms. The Morgan fingerprint density at radius 1 is 1.08 bits per heavy atom. The van der Waals surface area contributed by atoms with E-state index in [1.165, 1.54) is 25.1 Å². The SMILES string of the molecule is CC(=O)Nc1cc([N+](=O)[O-])ccc1NS(=O)(=O)c1ccc(C)cc1. The van der Waals surface area contributed by atoms with Gasteiger partial charge in [0.25, 0.3) is 15.7 Å². The van der Waals surface area contributed by atoms with Crippen LogP contribution in [0, 0.1) is 17.0 Å². The molecule has 0 aliphatic rings. The van der Waals surface area contributed by atoms with Crippen molar-refractivity contribution in [3.63, 3.8) is 0 Å². The highest BCUT2D eigenvalue weighted by Gasteiger charge is 2.18. The van der Waals surface area contributed by atoms with Crippen molar-refractivity contribution in [3.8, 4) is 0 Å². The van der Waals surface area contributed by atoms with E-state index in [9.17, 15) is 23.3 Å². The largest absolute Gasteiger partial charge is 0.324 e. The van der Waals surface area contributed by atoms with Crippen molar-refractivity contribution in [2.45, 2.75) is 18.7 Å². The van der Waals surface area contributed by atoms with Crippen molar-refractivity contribution in [2.24, 2.45) is 0 Å². The molecule has 2 aromatic carbocycles. The third-order valence-corrected chi connectivity index (χ3v) is 4.48. The first kappa shape index (κ1) is 17.4. The van der Waals surface area contributed by atoms with Crippen LogP contribution in [-0.2, 0) is 14.8 Å². The Hall–Kier alpha value is -2.94. The third kappa shape index (κ3) is 4.07. The first-order valence-corrected chi connectivity index (χ1v) is 8.33. The summed E-state index contributed by atoms with van der Waals surface area (Å²) in [4.78, 5) is 21.5. The lowest BCUT2D eigenvalue weighted by molar-refractivity contribution is -0.384. The molecule has 0 atom stereocenters. The van der Waals surface area contributed by atoms with Crippen LogP contribution in [0.25, 0.3) is 0 Å². The molecular weight excluding hydrogens is 334 g/mol. The Balaban J connectivity index is 2.42. The van der Waals surface area contributed by atoms with E-state index < -0.39 is 20.9 Å². The fraction of sp³-hybridized carbons (Fsp3) is 0.133. The maximum atomic E-state index is 12.4. The average Bonchev–Trinajstić information content (AvgIpc) is 2.48. The van der Waals surface area contributed by atoms with Gasteiger partial charge in [-0.3, -0.25) is 19.6 Å². The van der Waals surface area contributed by atoms with Gasteiger partial charge in [0.05, 0.1) is 21.2 Å². The second kappa shape index (κ2) is 6.67. The molecule has 126 valence electrons. The number of hydrogen-bond donors (Lipinski definition) is 2. The summed E-state index contributed by atoms with van der Waals surface area (Å²) in [6.07, 6.45) is 0. The minimum atomic E-state index is -3.89. The van der Waals surface area contributed by atoms with Gasteiger partial charge in [-0.25, -0.2) is 8.42 Å². The Bertz CT molecular complexity index is 892. The number of nitrogens with one attached hydrogen (secondary N) is 2. The standard InChI is InChI=1S/C15H15N3O5S/c1-10-3-6-13(7-4-10)24(22,23)17-14-8-5-12(18(20)21)9-15(14)16-11(2)19/h3-9,17H,1-2H3,(H,16,19). The molecule has 0 radical (unpaired) electrons. The molecule has 24 heavy (non-hydrogen) atoms. The zero-order valence-electron chi connectivity index (χ0n) is 12.9. The smallest absolute Gasteiger partial charge is 0.271 e. The van der Waals surface area contributed by atoms with Gasteiger partial charge >= 0.3 is 0 Å². The lowest BCUT2D eigenvalue weighted by atomic mass is 10.2. The Morgan fingerprint density at radius 2 is 1.71 bits per heavy atom. The molecule has 0 unspecified atom stereocenters. The minimum absolute atomic E-state index is 0.00684. The summed E-state index contributed by atoms with van der Waals surface area (Å²) in [7, 11) is -3.89. The summed E-state index contributed by atoms with van der Waals surface area (Å²) < 4.78 is 27.2. The zero-order valence-corrected chi connectivity index (χ0v) is 13.8. The number of hydrogen-bond acceptors (Lipinski definition) is 5. The van der Waals surface area contributed by atoms with Crippen LogP contribution in [0.4, 0.5) is 17.1 Å². The highest BCUT2D eigenvalue weighted by molar-refractivity contribution is 7.92. The van der Waals surface area contributed by atoms with Crippen LogP contribution in [-0.4, -0.2) is 19.2 Å². The number of non-ortho nitro benzene ring substituents is 1. The number of anilines is 2. The number of rotatable bonds is 5. The maximum absolute atomic E-state index is 12.4. The van der Waals surface area contributed by atoms with Gasteiger partial charge in [-0.05, 0) is 25.1 Å². The fourth-order valence-corrected chi connectivity index (χ4v) is 3.03. The van der Waals surface area contributed by atoms with E-state index >= 15 is 0 Å². The van der Waals surface area contributed by atoms with Crippen LogP contribution in [0.15, 0.2) is 47.4 Å². The Labute approximate surface area is 138 Å². The molecule has 2 rings (SSSR count). The molecule has 0 aromatic heterocycles. The molecule has 0 bridgehead atoms. The highest BCUT2D eigenvalue weighted by atomic mass is 32.2. The molecule has 2 N–H and O–H groups in total. The number of carbonyl (C=O) groups is 1. The molecule has 0 spiro atoms. The molecule has 2 aromatic rings. The Kier molecular flexibility index (Phi) is 4.84. The van der Waals surface area contributed by atoms with Crippen molar-refractivity contribution < 1.29 is 18.1 Å². The number of amides is 1. The molecule has 0 saturated carbocycles. The number of benzene rings is 2. The van der Waals surface area contributed by atoms with Gasteiger partial charge < -0.3 is 5.32 Å². The summed E-state index contributed by atoms with van der Waals surface area (Å²) >= 11 is 0. The van der Waals surface area contributed by atoms with Crippen LogP contribution in [0.1, 0.15) is 12.5 Å². The first-order valence-electron chi connectivity index (χ1n) is 6.84. The molecule has 0 aliphatic carbocycles. The van der Waals surface area contributed by atoms with E-state index in [1.807, 2.05) is 6.92 Å². The highest BCUT2D eigenvalue weighted by Crippen LogP contribution is 2.29. The number of aryl methyl sites for hydroxylation is 1. The zero-order chi connectivity index (χ0) is 17.9. The molecular formula is C15H15N3O5S. The van der Waals surface area contributed by atoms with E-state index in [4.69, 9.17) is 0 Å². The Morgan fingerprint density at radius 3 is 2.25 bits per heavy atom. The third-order valence-electron chi connectivity index (χ3n) is 3.10. The van der Waals surface area contributed by atoms with Gasteiger partial charge in [0.15, 0.2) is 0 Å². The minimum Gasteiger partial charge on any atom is -0.324 e. The lowest BCUT2D eigenvalue weighted by Gasteiger charge is -2.13. The number of nitro benzene ring substituents is 1. The average molecular weight is 349 g/mol. The van der Waals surface area contributed by atoms with Crippen LogP contribution in [0.3, 0.4) is 0 Å². The van der Waals surface area contributed by atoms with Crippen LogP contribution in [0.5, 0.6) is 0 Å². The molecule has 8 nitrogen and oxygen atoms in total. The summed E-state index contributed by atoms with van der Waals surface area (Å²) in [6, 6.07) is 9.67. The number of sulfonamides is 1. The predicted octanol–water partition coefficient (Wildman–Crippen LogP) is 2.66. The van der Waals surface area contributed by atoms with E-state index in [0.29, 0.717) is 0 Å².